The number of carbonyl (C=O) groups excluding carboxylic acids is 1. The molecule has 2 N–H and O–H groups in total. The van der Waals surface area contributed by atoms with Crippen LogP contribution in [-0.2, 0) is 5.54 Å². The van der Waals surface area contributed by atoms with E-state index in [0.29, 0.717) is 11.8 Å². The van der Waals surface area contributed by atoms with E-state index < -0.39 is 0 Å². The molecule has 8 rings (SSSR count). The van der Waals surface area contributed by atoms with Crippen molar-refractivity contribution in [1.82, 2.24) is 19.4 Å². The van der Waals surface area contributed by atoms with E-state index in [9.17, 15) is 4.79 Å². The molecule has 2 bridgehead atoms. The Morgan fingerprint density at radius 2 is 1.89 bits per heavy atom. The molecule has 38 heavy (non-hydrogen) atoms. The summed E-state index contributed by atoms with van der Waals surface area (Å²) in [6.07, 6.45) is 7.46. The number of nitrogens with zero attached hydrogens (tertiary/aromatic N) is 4. The summed E-state index contributed by atoms with van der Waals surface area (Å²) in [5.41, 5.74) is 16.4. The van der Waals surface area contributed by atoms with Crippen molar-refractivity contribution in [3.8, 4) is 11.1 Å². The number of fused-ring (bicyclic) bond motifs is 9. The fourth-order valence-electron chi connectivity index (χ4n) is 7.39. The van der Waals surface area contributed by atoms with Crippen LogP contribution in [0.1, 0.15) is 95.6 Å². The van der Waals surface area contributed by atoms with Crippen LogP contribution in [0.5, 0.6) is 0 Å². The fourth-order valence-corrected chi connectivity index (χ4v) is 7.39. The summed E-state index contributed by atoms with van der Waals surface area (Å²) in [4.78, 5) is 25.4. The Morgan fingerprint density at radius 1 is 1.05 bits per heavy atom. The van der Waals surface area contributed by atoms with E-state index >= 15 is 0 Å². The zero-order valence-electron chi connectivity index (χ0n) is 22.2. The number of hydrogen-bond donors (Lipinski definition) is 1. The van der Waals surface area contributed by atoms with Crippen molar-refractivity contribution < 1.29 is 4.79 Å². The smallest absolute Gasteiger partial charge is 0.254 e. The minimum absolute atomic E-state index is 0.0174. The molecule has 2 saturated carbocycles. The predicted molar refractivity (Wildman–Crippen MR) is 148 cm³/mol. The topological polar surface area (TPSA) is 77.0 Å². The summed E-state index contributed by atoms with van der Waals surface area (Å²) in [5.74, 6) is 2.16. The summed E-state index contributed by atoms with van der Waals surface area (Å²) < 4.78 is 2.43. The van der Waals surface area contributed by atoms with Gasteiger partial charge in [-0.25, -0.2) is 4.98 Å². The molecular weight excluding hydrogens is 470 g/mol. The second-order valence-electron chi connectivity index (χ2n) is 12.2. The van der Waals surface area contributed by atoms with Gasteiger partial charge in [-0.3, -0.25) is 9.78 Å². The largest absolute Gasteiger partial charge is 0.331 e. The Labute approximate surface area is 222 Å². The second kappa shape index (κ2) is 7.54. The van der Waals surface area contributed by atoms with Crippen LogP contribution in [0.15, 0.2) is 48.7 Å². The monoisotopic (exact) mass is 503 g/mol. The molecule has 6 heteroatoms. The van der Waals surface area contributed by atoms with E-state index in [2.05, 4.69) is 54.8 Å². The molecule has 1 amide bonds. The third kappa shape index (κ3) is 2.90. The van der Waals surface area contributed by atoms with E-state index in [1.165, 1.54) is 24.0 Å². The molecule has 4 aliphatic rings. The lowest BCUT2D eigenvalue weighted by Crippen LogP contribution is -2.51. The third-order valence-electron chi connectivity index (χ3n) is 10.0. The number of rotatable bonds is 3. The average Bonchev–Trinajstić information content (AvgIpc) is 3.64. The van der Waals surface area contributed by atoms with E-state index in [4.69, 9.17) is 15.7 Å². The second-order valence-corrected chi connectivity index (χ2v) is 12.2. The first-order valence-corrected chi connectivity index (χ1v) is 14.0. The maximum Gasteiger partial charge on any atom is 0.254 e. The maximum absolute atomic E-state index is 13.5. The van der Waals surface area contributed by atoms with Crippen LogP contribution in [0, 0.1) is 12.8 Å². The fraction of sp³-hybridized carbons (Fsp3) is 0.406. The van der Waals surface area contributed by atoms with Gasteiger partial charge in [0.25, 0.3) is 5.91 Å². The summed E-state index contributed by atoms with van der Waals surface area (Å²) in [6.45, 7) is 4.36. The molecule has 0 radical (unpaired) electrons. The minimum Gasteiger partial charge on any atom is -0.331 e. The number of carbonyl (C=O) groups is 1. The lowest BCUT2D eigenvalue weighted by atomic mass is 9.65. The molecule has 0 saturated heterocycles. The highest BCUT2D eigenvalue weighted by molar-refractivity contribution is 5.97. The van der Waals surface area contributed by atoms with E-state index in [0.717, 1.165) is 64.1 Å². The van der Waals surface area contributed by atoms with Gasteiger partial charge in [0.15, 0.2) is 0 Å². The van der Waals surface area contributed by atoms with Crippen LogP contribution in [0.3, 0.4) is 0 Å². The van der Waals surface area contributed by atoms with Crippen LogP contribution < -0.4 is 5.73 Å². The van der Waals surface area contributed by atoms with E-state index in [1.54, 1.807) is 0 Å². The number of hydrogen-bond acceptors (Lipinski definition) is 4. The zero-order chi connectivity index (χ0) is 25.9. The Hall–Kier alpha value is -3.51. The molecule has 2 aliphatic heterocycles. The number of benzene rings is 2. The lowest BCUT2D eigenvalue weighted by molar-refractivity contribution is 0.0734. The van der Waals surface area contributed by atoms with Crippen molar-refractivity contribution >= 4 is 16.9 Å². The van der Waals surface area contributed by atoms with Gasteiger partial charge in [0, 0.05) is 30.8 Å². The number of amides is 1. The Bertz CT molecular complexity index is 1670. The molecule has 2 aliphatic carbocycles. The van der Waals surface area contributed by atoms with Crippen molar-refractivity contribution in [2.45, 2.75) is 69.5 Å². The summed E-state index contributed by atoms with van der Waals surface area (Å²) in [5, 5.41) is 0. The first kappa shape index (κ1) is 22.5. The van der Waals surface area contributed by atoms with Crippen LogP contribution >= 0.6 is 0 Å². The maximum atomic E-state index is 13.5. The summed E-state index contributed by atoms with van der Waals surface area (Å²) in [6, 6.07) is 15.2. The van der Waals surface area contributed by atoms with Crippen LogP contribution in [0.2, 0.25) is 0 Å². The molecule has 192 valence electrons. The summed E-state index contributed by atoms with van der Waals surface area (Å²) in [7, 11) is 1.94. The van der Waals surface area contributed by atoms with Crippen molar-refractivity contribution in [3.63, 3.8) is 0 Å². The van der Waals surface area contributed by atoms with Gasteiger partial charge in [-0.05, 0) is 91.0 Å². The van der Waals surface area contributed by atoms with Gasteiger partial charge < -0.3 is 15.2 Å². The third-order valence-corrected chi connectivity index (χ3v) is 10.0. The van der Waals surface area contributed by atoms with Gasteiger partial charge in [-0.1, -0.05) is 25.1 Å². The van der Waals surface area contributed by atoms with Gasteiger partial charge in [-0.15, -0.1) is 0 Å². The van der Waals surface area contributed by atoms with Gasteiger partial charge in [0.05, 0.1) is 34.3 Å². The molecule has 2 fully saturated rings. The molecule has 2 aromatic carbocycles. The van der Waals surface area contributed by atoms with Crippen LogP contribution in [-0.4, -0.2) is 32.4 Å². The number of pyridine rings is 1. The molecule has 4 heterocycles. The molecule has 6 nitrogen and oxygen atoms in total. The Morgan fingerprint density at radius 3 is 2.61 bits per heavy atom. The first-order valence-electron chi connectivity index (χ1n) is 14.0. The van der Waals surface area contributed by atoms with Gasteiger partial charge in [0.2, 0.25) is 0 Å². The average molecular weight is 504 g/mol. The molecule has 2 aromatic heterocycles. The number of aromatic nitrogens is 3. The predicted octanol–water partition coefficient (Wildman–Crippen LogP) is 5.99. The normalized spacial score (nSPS) is 27.7. The highest BCUT2D eigenvalue weighted by atomic mass is 16.2. The van der Waals surface area contributed by atoms with Crippen molar-refractivity contribution in [2.24, 2.45) is 11.7 Å². The van der Waals surface area contributed by atoms with Gasteiger partial charge in [0.1, 0.15) is 5.82 Å². The van der Waals surface area contributed by atoms with E-state index in [1.807, 2.05) is 24.2 Å². The van der Waals surface area contributed by atoms with Gasteiger partial charge in [-0.2, -0.15) is 0 Å². The Kier molecular flexibility index (Phi) is 4.46. The Balaban J connectivity index is 1.28. The number of imidazole rings is 1. The van der Waals surface area contributed by atoms with E-state index in [-0.39, 0.29) is 23.5 Å². The SMILES string of the molecule is Cc1cc(-c2ccc3nc4n(c3c2)[C@@H]2C[C@@H]4N(C)C(=O)c3cccc(C4CC4)c32)cnc1[C@]1(N)CC[C@@H]1C. The molecule has 0 unspecified atom stereocenters. The zero-order valence-corrected chi connectivity index (χ0v) is 22.2. The highest BCUT2D eigenvalue weighted by Gasteiger charge is 2.46. The highest BCUT2D eigenvalue weighted by Crippen LogP contribution is 2.52. The molecular formula is C32H33N5O. The van der Waals surface area contributed by atoms with Crippen LogP contribution in [0.25, 0.3) is 22.2 Å². The molecule has 0 spiro atoms. The lowest BCUT2D eigenvalue weighted by Gasteiger charge is -2.45. The first-order chi connectivity index (χ1) is 18.3. The van der Waals surface area contributed by atoms with Crippen molar-refractivity contribution in [2.75, 3.05) is 7.05 Å². The minimum atomic E-state index is -0.301. The quantitative estimate of drug-likeness (QED) is 0.373. The molecule has 4 atom stereocenters. The van der Waals surface area contributed by atoms with Crippen molar-refractivity contribution in [1.29, 1.82) is 0 Å². The van der Waals surface area contributed by atoms with Gasteiger partial charge >= 0.3 is 0 Å². The molecule has 4 aromatic rings. The van der Waals surface area contributed by atoms with Crippen LogP contribution in [0.4, 0.5) is 0 Å². The summed E-state index contributed by atoms with van der Waals surface area (Å²) >= 11 is 0. The van der Waals surface area contributed by atoms with Crippen molar-refractivity contribution in [3.05, 3.63) is 82.4 Å². The number of aryl methyl sites for hydroxylation is 1. The number of nitrogens with two attached hydrogens (primary N) is 1. The standard InChI is InChI=1S/C32H33N5O/c1-17-13-21(16-34-29(17)32(33)12-11-18(32)2)20-9-10-24-25(14-20)37-26-15-27(30(37)35-24)36(3)31(38)23-6-4-5-22(28(23)26)19-7-8-19/h4-6,9-10,13-14,16,18-19,26-27H,7-8,11-12,15,33H2,1-3H3/t18-,26+,27-,32-/m0/s1.